The molecule has 6 heteroatoms. The van der Waals surface area contributed by atoms with E-state index in [1.807, 2.05) is 30.3 Å². The lowest BCUT2D eigenvalue weighted by molar-refractivity contribution is -0.141. The topological polar surface area (TPSA) is 91.4 Å². The predicted octanol–water partition coefficient (Wildman–Crippen LogP) is 1.22. The molecular formula is C16H16N2O4. The summed E-state index contributed by atoms with van der Waals surface area (Å²) in [6, 6.07) is 10.8. The lowest BCUT2D eigenvalue weighted by atomic mass is 10.0. The van der Waals surface area contributed by atoms with Gasteiger partial charge in [-0.25, -0.2) is 4.79 Å². The van der Waals surface area contributed by atoms with E-state index in [0.29, 0.717) is 11.2 Å². The van der Waals surface area contributed by atoms with Crippen LogP contribution in [0.5, 0.6) is 0 Å². The fraction of sp³-hybridized carbons (Fsp3) is 0.188. The Labute approximate surface area is 127 Å². The van der Waals surface area contributed by atoms with E-state index in [9.17, 15) is 14.4 Å². The van der Waals surface area contributed by atoms with E-state index in [4.69, 9.17) is 10.6 Å². The molecule has 0 aliphatic rings. The fourth-order valence-corrected chi connectivity index (χ4v) is 2.05. The van der Waals surface area contributed by atoms with E-state index in [-0.39, 0.29) is 23.5 Å². The highest BCUT2D eigenvalue weighted by molar-refractivity contribution is 6.00. The summed E-state index contributed by atoms with van der Waals surface area (Å²) in [5, 5.41) is 0. The molecule has 2 rings (SSSR count). The number of anilines is 1. The van der Waals surface area contributed by atoms with Crippen molar-refractivity contribution < 1.29 is 14.4 Å². The molecule has 1 aromatic carbocycles. The first-order valence-electron chi connectivity index (χ1n) is 6.76. The van der Waals surface area contributed by atoms with Gasteiger partial charge in [0.2, 0.25) is 0 Å². The van der Waals surface area contributed by atoms with Gasteiger partial charge in [0.15, 0.2) is 5.78 Å². The van der Waals surface area contributed by atoms with Crippen LogP contribution in [0.3, 0.4) is 0 Å². The van der Waals surface area contributed by atoms with Crippen LogP contribution >= 0.6 is 0 Å². The molecule has 114 valence electrons. The number of carbonyl (C=O) groups excluding carboxylic acids is 2. The van der Waals surface area contributed by atoms with Gasteiger partial charge >= 0.3 is 5.97 Å². The number of hydrogen-bond donors (Lipinski definition) is 1. The number of pyridine rings is 1. The van der Waals surface area contributed by atoms with E-state index in [0.717, 1.165) is 5.56 Å². The Bertz CT molecular complexity index is 750. The summed E-state index contributed by atoms with van der Waals surface area (Å²) in [6.45, 7) is 1.17. The van der Waals surface area contributed by atoms with Crippen molar-refractivity contribution in [3.8, 4) is 0 Å². The summed E-state index contributed by atoms with van der Waals surface area (Å²) in [5.74, 6) is -1.04. The number of aromatic nitrogens is 1. The zero-order valence-electron chi connectivity index (χ0n) is 12.1. The molecule has 0 atom stereocenters. The minimum absolute atomic E-state index is 0.0754. The zero-order chi connectivity index (χ0) is 16.1. The minimum atomic E-state index is -0.728. The van der Waals surface area contributed by atoms with Gasteiger partial charge in [0.1, 0.15) is 5.56 Å². The van der Waals surface area contributed by atoms with E-state index in [2.05, 4.69) is 0 Å². The molecule has 2 N–H and O–H groups in total. The van der Waals surface area contributed by atoms with Gasteiger partial charge < -0.3 is 10.6 Å². The van der Waals surface area contributed by atoms with Gasteiger partial charge in [0.05, 0.1) is 6.20 Å². The maximum Gasteiger partial charge on any atom is 0.330 e. The third-order valence-corrected chi connectivity index (χ3v) is 3.08. The number of benzene rings is 1. The van der Waals surface area contributed by atoms with Crippen LogP contribution in [0, 0.1) is 0 Å². The van der Waals surface area contributed by atoms with Crippen LogP contribution in [0.4, 0.5) is 5.69 Å². The second-order valence-electron chi connectivity index (χ2n) is 4.77. The fourth-order valence-electron chi connectivity index (χ4n) is 2.05. The van der Waals surface area contributed by atoms with Crippen LogP contribution in [0.25, 0.3) is 0 Å². The average Bonchev–Trinajstić information content (AvgIpc) is 2.49. The van der Waals surface area contributed by atoms with Crippen LogP contribution in [-0.4, -0.2) is 16.5 Å². The Kier molecular flexibility index (Phi) is 4.73. The summed E-state index contributed by atoms with van der Waals surface area (Å²) >= 11 is 0. The average molecular weight is 300 g/mol. The maximum atomic E-state index is 12.3. The molecule has 0 saturated carbocycles. The van der Waals surface area contributed by atoms with Crippen molar-refractivity contribution in [3.63, 3.8) is 0 Å². The summed E-state index contributed by atoms with van der Waals surface area (Å²) in [5.41, 5.74) is 5.90. The van der Waals surface area contributed by atoms with Gasteiger partial charge in [0.25, 0.3) is 5.56 Å². The first kappa shape index (κ1) is 15.5. The minimum Gasteiger partial charge on any atom is -0.398 e. The standard InChI is InChI=1S/C16H16N2O4/c1-11(19)22-18-10-9-13(17)15(16(18)21)14(20)8-7-12-5-3-2-4-6-12/h2-6,9-10H,7-8,17H2,1H3. The molecule has 0 saturated heterocycles. The molecule has 1 aromatic heterocycles. The van der Waals surface area contributed by atoms with Crippen LogP contribution in [0.15, 0.2) is 47.4 Å². The number of rotatable bonds is 5. The maximum absolute atomic E-state index is 12.3. The van der Waals surface area contributed by atoms with Crippen LogP contribution in [-0.2, 0) is 11.2 Å². The first-order chi connectivity index (χ1) is 10.5. The summed E-state index contributed by atoms with van der Waals surface area (Å²) < 4.78 is 0.717. The second kappa shape index (κ2) is 6.71. The van der Waals surface area contributed by atoms with Crippen molar-refractivity contribution in [1.29, 1.82) is 0 Å². The molecule has 0 spiro atoms. The van der Waals surface area contributed by atoms with Crippen molar-refractivity contribution in [2.45, 2.75) is 19.8 Å². The number of ketones is 1. The third-order valence-electron chi connectivity index (χ3n) is 3.08. The molecule has 0 radical (unpaired) electrons. The number of nitrogens with two attached hydrogens (primary N) is 1. The molecule has 0 fully saturated rings. The normalized spacial score (nSPS) is 10.2. The van der Waals surface area contributed by atoms with Crippen molar-refractivity contribution >= 4 is 17.4 Å². The molecular weight excluding hydrogens is 284 g/mol. The smallest absolute Gasteiger partial charge is 0.330 e. The molecule has 2 aromatic rings. The van der Waals surface area contributed by atoms with Gasteiger partial charge in [-0.05, 0) is 18.1 Å². The highest BCUT2D eigenvalue weighted by Crippen LogP contribution is 2.11. The molecule has 0 bridgehead atoms. The molecule has 1 heterocycles. The van der Waals surface area contributed by atoms with Crippen LogP contribution in [0.2, 0.25) is 0 Å². The number of Topliss-reactive ketones (excluding diaryl/α,β-unsaturated/α-hetero) is 1. The van der Waals surface area contributed by atoms with Gasteiger partial charge in [-0.1, -0.05) is 30.3 Å². The Morgan fingerprint density at radius 1 is 1.18 bits per heavy atom. The molecule has 0 unspecified atom stereocenters. The van der Waals surface area contributed by atoms with E-state index >= 15 is 0 Å². The Hall–Kier alpha value is -2.89. The van der Waals surface area contributed by atoms with Crippen molar-refractivity contribution in [2.24, 2.45) is 0 Å². The van der Waals surface area contributed by atoms with Crippen molar-refractivity contribution in [3.05, 3.63) is 64.1 Å². The van der Waals surface area contributed by atoms with Gasteiger partial charge in [-0.3, -0.25) is 9.59 Å². The van der Waals surface area contributed by atoms with Crippen molar-refractivity contribution in [1.82, 2.24) is 4.73 Å². The van der Waals surface area contributed by atoms with E-state index < -0.39 is 11.5 Å². The van der Waals surface area contributed by atoms with Gasteiger partial charge in [0, 0.05) is 19.0 Å². The predicted molar refractivity (Wildman–Crippen MR) is 81.5 cm³/mol. The molecule has 0 aliphatic carbocycles. The number of nitrogen functional groups attached to an aromatic ring is 1. The van der Waals surface area contributed by atoms with Crippen LogP contribution in [0.1, 0.15) is 29.3 Å². The highest BCUT2D eigenvalue weighted by atomic mass is 16.7. The van der Waals surface area contributed by atoms with Gasteiger partial charge in [-0.15, -0.1) is 4.73 Å². The molecule has 0 amide bonds. The molecule has 6 nitrogen and oxygen atoms in total. The number of nitrogens with zero attached hydrogens (tertiary/aromatic N) is 1. The number of aryl methyl sites for hydroxylation is 1. The van der Waals surface area contributed by atoms with E-state index in [1.54, 1.807) is 0 Å². The summed E-state index contributed by atoms with van der Waals surface area (Å²) in [7, 11) is 0. The zero-order valence-corrected chi connectivity index (χ0v) is 12.1. The SMILES string of the molecule is CC(=O)On1ccc(N)c(C(=O)CCc2ccccc2)c1=O. The quantitative estimate of drug-likeness (QED) is 0.838. The largest absolute Gasteiger partial charge is 0.398 e. The van der Waals surface area contributed by atoms with Crippen molar-refractivity contribution in [2.75, 3.05) is 5.73 Å². The summed E-state index contributed by atoms with van der Waals surface area (Å²) in [4.78, 5) is 40.1. The van der Waals surface area contributed by atoms with Gasteiger partial charge in [-0.2, -0.15) is 0 Å². The highest BCUT2D eigenvalue weighted by Gasteiger charge is 2.17. The molecule has 0 aliphatic heterocycles. The van der Waals surface area contributed by atoms with E-state index in [1.165, 1.54) is 19.2 Å². The monoisotopic (exact) mass is 300 g/mol. The lowest BCUT2D eigenvalue weighted by Gasteiger charge is -2.08. The number of hydrogen-bond acceptors (Lipinski definition) is 5. The second-order valence-corrected chi connectivity index (χ2v) is 4.77. The molecule has 22 heavy (non-hydrogen) atoms. The Balaban J connectivity index is 2.22. The third kappa shape index (κ3) is 3.60. The lowest BCUT2D eigenvalue weighted by Crippen LogP contribution is -2.33. The Morgan fingerprint density at radius 2 is 1.86 bits per heavy atom. The Morgan fingerprint density at radius 3 is 2.50 bits per heavy atom. The number of carbonyl (C=O) groups is 2. The summed E-state index contributed by atoms with van der Waals surface area (Å²) in [6.07, 6.45) is 1.86. The van der Waals surface area contributed by atoms with Crippen LogP contribution < -0.4 is 16.1 Å². The first-order valence-corrected chi connectivity index (χ1v) is 6.76.